The van der Waals surface area contributed by atoms with Gasteiger partial charge in [-0.15, -0.1) is 11.3 Å². The first kappa shape index (κ1) is 9.71. The molecule has 1 atom stereocenters. The maximum atomic E-state index is 5.85. The quantitative estimate of drug-likeness (QED) is 0.885. The molecule has 1 nitrogen and oxygen atoms in total. The van der Waals surface area contributed by atoms with E-state index in [0.717, 1.165) is 14.7 Å². The van der Waals surface area contributed by atoms with E-state index in [2.05, 4.69) is 44.8 Å². The predicted molar refractivity (Wildman–Crippen MR) is 56.9 cm³/mol. The fraction of sp³-hybridized carbons (Fsp3) is 0.429. The summed E-state index contributed by atoms with van der Waals surface area (Å²) in [5.41, 5.74) is 5.85. The molecule has 1 aromatic heterocycles. The van der Waals surface area contributed by atoms with Crippen molar-refractivity contribution in [2.45, 2.75) is 19.4 Å². The SMILES string of the molecule is CC[C@H](N)c1cc(Br)c(Br)s1. The van der Waals surface area contributed by atoms with Crippen molar-refractivity contribution in [2.75, 3.05) is 0 Å². The minimum Gasteiger partial charge on any atom is -0.323 e. The first-order valence-corrected chi connectivity index (χ1v) is 5.75. The van der Waals surface area contributed by atoms with Crippen LogP contribution in [-0.4, -0.2) is 0 Å². The van der Waals surface area contributed by atoms with Gasteiger partial charge in [-0.1, -0.05) is 6.92 Å². The Bertz CT molecular complexity index is 227. The van der Waals surface area contributed by atoms with Crippen LogP contribution in [0.2, 0.25) is 0 Å². The van der Waals surface area contributed by atoms with Crippen LogP contribution in [0, 0.1) is 0 Å². The molecule has 0 fully saturated rings. The maximum absolute atomic E-state index is 5.85. The Morgan fingerprint density at radius 1 is 1.64 bits per heavy atom. The molecule has 0 aliphatic rings. The highest BCUT2D eigenvalue weighted by molar-refractivity contribution is 9.13. The molecule has 0 aromatic carbocycles. The summed E-state index contributed by atoms with van der Waals surface area (Å²) in [6.07, 6.45) is 0.986. The molecular weight excluding hydrogens is 290 g/mol. The standard InChI is InChI=1S/C7H9Br2NS/c1-2-5(10)6-3-4(8)7(9)11-6/h3,5H,2,10H2,1H3/t5-/m0/s1. The van der Waals surface area contributed by atoms with Crippen LogP contribution < -0.4 is 5.73 Å². The third-order valence-corrected chi connectivity index (χ3v) is 4.86. The van der Waals surface area contributed by atoms with Gasteiger partial charge in [-0.25, -0.2) is 0 Å². The van der Waals surface area contributed by atoms with Crippen LogP contribution in [0.5, 0.6) is 0 Å². The first-order valence-electron chi connectivity index (χ1n) is 3.35. The van der Waals surface area contributed by atoms with Gasteiger partial charge in [0, 0.05) is 15.4 Å². The van der Waals surface area contributed by atoms with Crippen LogP contribution in [0.15, 0.2) is 14.3 Å². The predicted octanol–water partition coefficient (Wildman–Crippen LogP) is 3.68. The zero-order valence-corrected chi connectivity index (χ0v) is 10.1. The molecule has 11 heavy (non-hydrogen) atoms. The van der Waals surface area contributed by atoms with E-state index < -0.39 is 0 Å². The van der Waals surface area contributed by atoms with Crippen LogP contribution in [0.1, 0.15) is 24.3 Å². The molecular formula is C7H9Br2NS. The van der Waals surface area contributed by atoms with Crippen molar-refractivity contribution in [1.82, 2.24) is 0 Å². The Kier molecular flexibility index (Phi) is 3.55. The van der Waals surface area contributed by atoms with Crippen molar-refractivity contribution in [3.63, 3.8) is 0 Å². The van der Waals surface area contributed by atoms with Crippen molar-refractivity contribution in [2.24, 2.45) is 5.73 Å². The summed E-state index contributed by atoms with van der Waals surface area (Å²) in [6, 6.07) is 2.26. The number of hydrogen-bond donors (Lipinski definition) is 1. The topological polar surface area (TPSA) is 26.0 Å². The van der Waals surface area contributed by atoms with E-state index in [0.29, 0.717) is 0 Å². The van der Waals surface area contributed by atoms with E-state index in [1.807, 2.05) is 0 Å². The highest BCUT2D eigenvalue weighted by atomic mass is 79.9. The number of nitrogens with two attached hydrogens (primary N) is 1. The molecule has 0 aliphatic carbocycles. The van der Waals surface area contributed by atoms with E-state index >= 15 is 0 Å². The zero-order valence-electron chi connectivity index (χ0n) is 6.10. The van der Waals surface area contributed by atoms with Crippen molar-refractivity contribution in [1.29, 1.82) is 0 Å². The van der Waals surface area contributed by atoms with Gasteiger partial charge in [-0.3, -0.25) is 0 Å². The van der Waals surface area contributed by atoms with E-state index in [4.69, 9.17) is 5.73 Å². The second-order valence-electron chi connectivity index (χ2n) is 2.29. The molecule has 1 rings (SSSR count). The lowest BCUT2D eigenvalue weighted by Crippen LogP contribution is -2.05. The minimum absolute atomic E-state index is 0.183. The lowest BCUT2D eigenvalue weighted by Gasteiger charge is -2.02. The van der Waals surface area contributed by atoms with Gasteiger partial charge in [-0.2, -0.15) is 0 Å². The van der Waals surface area contributed by atoms with E-state index in [-0.39, 0.29) is 6.04 Å². The Morgan fingerprint density at radius 3 is 2.64 bits per heavy atom. The summed E-state index contributed by atoms with van der Waals surface area (Å²) in [6.45, 7) is 2.09. The molecule has 62 valence electrons. The molecule has 0 bridgehead atoms. The molecule has 0 aliphatic heterocycles. The Morgan fingerprint density at radius 2 is 2.27 bits per heavy atom. The molecule has 2 N–H and O–H groups in total. The van der Waals surface area contributed by atoms with Crippen molar-refractivity contribution in [3.8, 4) is 0 Å². The van der Waals surface area contributed by atoms with Gasteiger partial charge in [0.25, 0.3) is 0 Å². The minimum atomic E-state index is 0.183. The van der Waals surface area contributed by atoms with Crippen LogP contribution >= 0.6 is 43.2 Å². The molecule has 0 radical (unpaired) electrons. The number of rotatable bonds is 2. The first-order chi connectivity index (χ1) is 5.15. The summed E-state index contributed by atoms with van der Waals surface area (Å²) in [7, 11) is 0. The molecule has 0 amide bonds. The second kappa shape index (κ2) is 4.03. The highest BCUT2D eigenvalue weighted by Crippen LogP contribution is 2.35. The smallest absolute Gasteiger partial charge is 0.0843 e. The van der Waals surface area contributed by atoms with Crippen molar-refractivity contribution < 1.29 is 0 Å². The van der Waals surface area contributed by atoms with Gasteiger partial charge >= 0.3 is 0 Å². The summed E-state index contributed by atoms with van der Waals surface area (Å²) in [5.74, 6) is 0. The van der Waals surface area contributed by atoms with Crippen molar-refractivity contribution in [3.05, 3.63) is 19.2 Å². The van der Waals surface area contributed by atoms with Crippen LogP contribution in [-0.2, 0) is 0 Å². The molecule has 4 heteroatoms. The van der Waals surface area contributed by atoms with Crippen LogP contribution in [0.3, 0.4) is 0 Å². The lowest BCUT2D eigenvalue weighted by atomic mass is 10.2. The van der Waals surface area contributed by atoms with Gasteiger partial charge in [0.2, 0.25) is 0 Å². The van der Waals surface area contributed by atoms with E-state index in [9.17, 15) is 0 Å². The van der Waals surface area contributed by atoms with E-state index in [1.54, 1.807) is 11.3 Å². The largest absolute Gasteiger partial charge is 0.323 e. The normalized spacial score (nSPS) is 13.5. The van der Waals surface area contributed by atoms with Gasteiger partial charge in [0.1, 0.15) is 0 Å². The number of halogens is 2. The zero-order chi connectivity index (χ0) is 8.43. The van der Waals surface area contributed by atoms with Gasteiger partial charge in [0.05, 0.1) is 3.79 Å². The molecule has 1 aromatic rings. The van der Waals surface area contributed by atoms with E-state index in [1.165, 1.54) is 4.88 Å². The fourth-order valence-electron chi connectivity index (χ4n) is 0.747. The molecule has 0 unspecified atom stereocenters. The average molecular weight is 299 g/mol. The molecule has 0 spiro atoms. The second-order valence-corrected chi connectivity index (χ2v) is 5.54. The van der Waals surface area contributed by atoms with Crippen LogP contribution in [0.25, 0.3) is 0 Å². The van der Waals surface area contributed by atoms with Crippen molar-refractivity contribution >= 4 is 43.2 Å². The van der Waals surface area contributed by atoms with Gasteiger partial charge < -0.3 is 5.73 Å². The van der Waals surface area contributed by atoms with Gasteiger partial charge in [-0.05, 0) is 44.3 Å². The summed E-state index contributed by atoms with van der Waals surface area (Å²) in [5, 5.41) is 0. The molecule has 0 saturated carbocycles. The fourth-order valence-corrected chi connectivity index (χ4v) is 2.92. The summed E-state index contributed by atoms with van der Waals surface area (Å²) < 4.78 is 2.22. The Balaban J connectivity index is 2.88. The third-order valence-electron chi connectivity index (χ3n) is 1.47. The third kappa shape index (κ3) is 2.28. The number of hydrogen-bond acceptors (Lipinski definition) is 2. The summed E-state index contributed by atoms with van der Waals surface area (Å²) in [4.78, 5) is 1.23. The monoisotopic (exact) mass is 297 g/mol. The Hall–Kier alpha value is 0.620. The highest BCUT2D eigenvalue weighted by Gasteiger charge is 2.09. The lowest BCUT2D eigenvalue weighted by molar-refractivity contribution is 0.712. The maximum Gasteiger partial charge on any atom is 0.0843 e. The van der Waals surface area contributed by atoms with Crippen LogP contribution in [0.4, 0.5) is 0 Å². The van der Waals surface area contributed by atoms with Gasteiger partial charge in [0.15, 0.2) is 0 Å². The Labute approximate surface area is 87.2 Å². The number of thiophene rings is 1. The molecule has 0 saturated heterocycles. The molecule has 1 heterocycles. The summed E-state index contributed by atoms with van der Waals surface area (Å²) >= 11 is 8.54. The average Bonchev–Trinajstić information content (AvgIpc) is 2.31.